The van der Waals surface area contributed by atoms with Gasteiger partial charge in [-0.15, -0.1) is 11.3 Å². The molecular weight excluding hydrogens is 258 g/mol. The van der Waals surface area contributed by atoms with E-state index in [1.165, 1.54) is 0 Å². The van der Waals surface area contributed by atoms with Crippen LogP contribution in [0.5, 0.6) is 0 Å². The Labute approximate surface area is 116 Å². The molecule has 4 nitrogen and oxygen atoms in total. The van der Waals surface area contributed by atoms with Gasteiger partial charge in [0.1, 0.15) is 0 Å². The lowest BCUT2D eigenvalue weighted by Gasteiger charge is -2.14. The Balaban J connectivity index is 2.09. The number of carbonyl (C=O) groups is 1. The van der Waals surface area contributed by atoms with Gasteiger partial charge in [-0.05, 0) is 32.0 Å². The van der Waals surface area contributed by atoms with Crippen molar-refractivity contribution in [3.05, 3.63) is 46.4 Å². The van der Waals surface area contributed by atoms with Crippen molar-refractivity contribution in [3.8, 4) is 0 Å². The van der Waals surface area contributed by atoms with E-state index in [4.69, 9.17) is 0 Å². The summed E-state index contributed by atoms with van der Waals surface area (Å²) in [6.45, 7) is 4.59. The fraction of sp³-hybridized carbons (Fsp3) is 0.286. The summed E-state index contributed by atoms with van der Waals surface area (Å²) in [7, 11) is 0. The number of amides is 1. The van der Waals surface area contributed by atoms with Gasteiger partial charge in [0.15, 0.2) is 0 Å². The number of hydrogen-bond donors (Lipinski definition) is 2. The van der Waals surface area contributed by atoms with Crippen LogP contribution in [0.15, 0.2) is 35.2 Å². The van der Waals surface area contributed by atoms with Crippen LogP contribution in [0, 0.1) is 0 Å². The number of hydrogen-bond acceptors (Lipinski definition) is 4. The summed E-state index contributed by atoms with van der Waals surface area (Å²) in [4.78, 5) is 16.0. The third-order valence-corrected chi connectivity index (χ3v) is 3.35. The van der Waals surface area contributed by atoms with E-state index in [0.717, 1.165) is 11.4 Å². The van der Waals surface area contributed by atoms with Crippen molar-refractivity contribution in [2.24, 2.45) is 0 Å². The minimum Gasteiger partial charge on any atom is -0.377 e. The van der Waals surface area contributed by atoms with Crippen LogP contribution in [0.2, 0.25) is 0 Å². The number of nitrogens with zero attached hydrogens (tertiary/aromatic N) is 1. The Hall–Kier alpha value is -1.88. The number of rotatable bonds is 5. The van der Waals surface area contributed by atoms with E-state index in [2.05, 4.69) is 15.6 Å². The van der Waals surface area contributed by atoms with Crippen LogP contribution in [-0.4, -0.2) is 17.4 Å². The maximum atomic E-state index is 11.8. The van der Waals surface area contributed by atoms with Crippen molar-refractivity contribution >= 4 is 22.9 Å². The highest BCUT2D eigenvalue weighted by Gasteiger charge is 2.09. The Morgan fingerprint density at radius 2 is 2.32 bits per heavy atom. The molecule has 2 rings (SSSR count). The normalized spacial score (nSPS) is 11.9. The standard InChI is InChI=1S/C14H17N3OS/c1-3-15-14(18)11-5-4-6-12(7-11)17-10(2)13-8-19-9-16-13/h4-10,17H,3H2,1-2H3,(H,15,18). The fourth-order valence-electron chi connectivity index (χ4n) is 1.77. The van der Waals surface area contributed by atoms with Crippen LogP contribution in [0.1, 0.15) is 35.9 Å². The molecule has 100 valence electrons. The van der Waals surface area contributed by atoms with Crippen molar-refractivity contribution in [1.82, 2.24) is 10.3 Å². The van der Waals surface area contributed by atoms with Gasteiger partial charge in [-0.3, -0.25) is 4.79 Å². The zero-order chi connectivity index (χ0) is 13.7. The van der Waals surface area contributed by atoms with E-state index >= 15 is 0 Å². The van der Waals surface area contributed by atoms with Crippen molar-refractivity contribution < 1.29 is 4.79 Å². The molecule has 0 aliphatic heterocycles. The molecule has 1 unspecified atom stereocenters. The smallest absolute Gasteiger partial charge is 0.251 e. The summed E-state index contributed by atoms with van der Waals surface area (Å²) >= 11 is 1.58. The van der Waals surface area contributed by atoms with Crippen molar-refractivity contribution in [3.63, 3.8) is 0 Å². The molecule has 5 heteroatoms. The molecule has 0 spiro atoms. The van der Waals surface area contributed by atoms with Gasteiger partial charge in [-0.25, -0.2) is 4.98 Å². The number of thiazole rings is 1. The van der Waals surface area contributed by atoms with Crippen molar-refractivity contribution in [2.75, 3.05) is 11.9 Å². The van der Waals surface area contributed by atoms with Crippen LogP contribution in [0.4, 0.5) is 5.69 Å². The summed E-state index contributed by atoms with van der Waals surface area (Å²) in [5.74, 6) is -0.0486. The maximum absolute atomic E-state index is 11.8. The third-order valence-electron chi connectivity index (χ3n) is 2.74. The van der Waals surface area contributed by atoms with Crippen molar-refractivity contribution in [2.45, 2.75) is 19.9 Å². The number of anilines is 1. The molecule has 19 heavy (non-hydrogen) atoms. The van der Waals surface area contributed by atoms with Crippen LogP contribution in [0.25, 0.3) is 0 Å². The van der Waals surface area contributed by atoms with E-state index in [0.29, 0.717) is 12.1 Å². The van der Waals surface area contributed by atoms with Crippen LogP contribution >= 0.6 is 11.3 Å². The molecule has 0 fully saturated rings. The molecule has 1 aromatic carbocycles. The summed E-state index contributed by atoms with van der Waals surface area (Å²) in [5.41, 5.74) is 4.41. The Bertz CT molecular complexity index is 539. The number of aromatic nitrogens is 1. The van der Waals surface area contributed by atoms with Crippen LogP contribution < -0.4 is 10.6 Å². The predicted octanol–water partition coefficient (Wildman–Crippen LogP) is 3.07. The Morgan fingerprint density at radius 1 is 1.47 bits per heavy atom. The van der Waals surface area contributed by atoms with Gasteiger partial charge >= 0.3 is 0 Å². The third kappa shape index (κ3) is 3.54. The average Bonchev–Trinajstić information content (AvgIpc) is 2.93. The highest BCUT2D eigenvalue weighted by Crippen LogP contribution is 2.19. The number of nitrogens with one attached hydrogen (secondary N) is 2. The van der Waals surface area contributed by atoms with E-state index in [1.54, 1.807) is 11.3 Å². The molecule has 1 atom stereocenters. The second-order valence-corrected chi connectivity index (χ2v) is 4.94. The zero-order valence-corrected chi connectivity index (χ0v) is 11.8. The lowest BCUT2D eigenvalue weighted by molar-refractivity contribution is 0.0956. The number of benzene rings is 1. The summed E-state index contributed by atoms with van der Waals surface area (Å²) in [6.07, 6.45) is 0. The first-order valence-electron chi connectivity index (χ1n) is 6.23. The minimum atomic E-state index is -0.0486. The molecule has 2 N–H and O–H groups in total. The Kier molecular flexibility index (Phi) is 4.52. The largest absolute Gasteiger partial charge is 0.377 e. The van der Waals surface area contributed by atoms with E-state index in [9.17, 15) is 4.79 Å². The van der Waals surface area contributed by atoms with E-state index < -0.39 is 0 Å². The fourth-order valence-corrected chi connectivity index (χ4v) is 2.42. The lowest BCUT2D eigenvalue weighted by Crippen LogP contribution is -2.22. The summed E-state index contributed by atoms with van der Waals surface area (Å²) < 4.78 is 0. The van der Waals surface area contributed by atoms with E-state index in [1.807, 2.05) is 49.0 Å². The van der Waals surface area contributed by atoms with E-state index in [-0.39, 0.29) is 11.9 Å². The highest BCUT2D eigenvalue weighted by molar-refractivity contribution is 7.07. The highest BCUT2D eigenvalue weighted by atomic mass is 32.1. The second-order valence-electron chi connectivity index (χ2n) is 4.22. The topological polar surface area (TPSA) is 54.0 Å². The van der Waals surface area contributed by atoms with Crippen LogP contribution in [0.3, 0.4) is 0 Å². The molecule has 2 aromatic rings. The summed E-state index contributed by atoms with van der Waals surface area (Å²) in [5, 5.41) is 8.16. The van der Waals surface area contributed by atoms with Gasteiger partial charge in [0.2, 0.25) is 0 Å². The van der Waals surface area contributed by atoms with Gasteiger partial charge in [-0.1, -0.05) is 6.07 Å². The van der Waals surface area contributed by atoms with Gasteiger partial charge in [-0.2, -0.15) is 0 Å². The SMILES string of the molecule is CCNC(=O)c1cccc(NC(C)c2cscn2)c1. The number of carbonyl (C=O) groups excluding carboxylic acids is 1. The van der Waals surface area contributed by atoms with Crippen molar-refractivity contribution in [1.29, 1.82) is 0 Å². The molecule has 1 amide bonds. The van der Waals surface area contributed by atoms with Crippen LogP contribution in [-0.2, 0) is 0 Å². The molecular formula is C14H17N3OS. The zero-order valence-electron chi connectivity index (χ0n) is 11.0. The molecule has 0 aliphatic carbocycles. The van der Waals surface area contributed by atoms with Gasteiger partial charge in [0.25, 0.3) is 5.91 Å². The molecule has 0 bridgehead atoms. The quantitative estimate of drug-likeness (QED) is 0.881. The molecule has 0 saturated heterocycles. The van der Waals surface area contributed by atoms with Gasteiger partial charge < -0.3 is 10.6 Å². The first-order valence-corrected chi connectivity index (χ1v) is 7.18. The maximum Gasteiger partial charge on any atom is 0.251 e. The first kappa shape index (κ1) is 13.5. The summed E-state index contributed by atoms with van der Waals surface area (Å²) in [6, 6.07) is 7.61. The van der Waals surface area contributed by atoms with Gasteiger partial charge in [0, 0.05) is 23.2 Å². The lowest BCUT2D eigenvalue weighted by atomic mass is 10.1. The predicted molar refractivity (Wildman–Crippen MR) is 78.6 cm³/mol. The van der Waals surface area contributed by atoms with Gasteiger partial charge in [0.05, 0.1) is 17.2 Å². The average molecular weight is 275 g/mol. The minimum absolute atomic E-state index is 0.0486. The first-order chi connectivity index (χ1) is 9.20. The molecule has 1 heterocycles. The Morgan fingerprint density at radius 3 is 3.00 bits per heavy atom. The molecule has 0 saturated carbocycles. The molecule has 1 aromatic heterocycles. The molecule has 0 radical (unpaired) electrons. The second kappa shape index (κ2) is 6.33. The monoisotopic (exact) mass is 275 g/mol. The molecule has 0 aliphatic rings.